The average molecular weight is 427 g/mol. The zero-order valence-electron chi connectivity index (χ0n) is 17.2. The molecule has 1 fully saturated rings. The molecule has 1 unspecified atom stereocenters. The zero-order valence-corrected chi connectivity index (χ0v) is 18.0. The van der Waals surface area contributed by atoms with Crippen LogP contribution in [0.2, 0.25) is 0 Å². The molecule has 1 aromatic carbocycles. The molecular formula is C22H26N4O3S. The summed E-state index contributed by atoms with van der Waals surface area (Å²) in [7, 11) is 0. The van der Waals surface area contributed by atoms with Gasteiger partial charge in [0.2, 0.25) is 5.91 Å². The highest BCUT2D eigenvalue weighted by Crippen LogP contribution is 2.23. The highest BCUT2D eigenvalue weighted by atomic mass is 32.1. The van der Waals surface area contributed by atoms with Gasteiger partial charge in [0.1, 0.15) is 11.0 Å². The van der Waals surface area contributed by atoms with Crippen molar-refractivity contribution in [1.29, 1.82) is 0 Å². The van der Waals surface area contributed by atoms with Crippen LogP contribution in [0.5, 0.6) is 0 Å². The second-order valence-corrected chi connectivity index (χ2v) is 8.96. The first-order valence-electron chi connectivity index (χ1n) is 10.2. The minimum Gasteiger partial charge on any atom is -0.459 e. The molecule has 1 atom stereocenters. The quantitative estimate of drug-likeness (QED) is 0.656. The smallest absolute Gasteiger partial charge is 0.287 e. The summed E-state index contributed by atoms with van der Waals surface area (Å²) in [6.45, 7) is 7.54. The number of hydrogen-bond donors (Lipinski definition) is 1. The summed E-state index contributed by atoms with van der Waals surface area (Å²) in [6.07, 6.45) is 1.45. The summed E-state index contributed by atoms with van der Waals surface area (Å²) in [5.74, 6) is -0.197. The maximum atomic E-state index is 13.1. The van der Waals surface area contributed by atoms with E-state index in [1.807, 2.05) is 36.9 Å². The van der Waals surface area contributed by atoms with Crippen LogP contribution < -0.4 is 5.32 Å². The molecule has 8 heteroatoms. The number of carbonyl (C=O) groups is 2. The van der Waals surface area contributed by atoms with E-state index in [4.69, 9.17) is 9.40 Å². The molecule has 3 heterocycles. The third kappa shape index (κ3) is 4.55. The lowest BCUT2D eigenvalue weighted by atomic mass is 10.0. The Bertz CT molecular complexity index is 974. The van der Waals surface area contributed by atoms with Crippen molar-refractivity contribution < 1.29 is 14.0 Å². The van der Waals surface area contributed by atoms with Crippen LogP contribution in [0.3, 0.4) is 0 Å². The fourth-order valence-corrected chi connectivity index (χ4v) is 4.65. The van der Waals surface area contributed by atoms with Gasteiger partial charge >= 0.3 is 0 Å². The van der Waals surface area contributed by atoms with E-state index >= 15 is 0 Å². The number of amides is 2. The van der Waals surface area contributed by atoms with Crippen LogP contribution in [-0.2, 0) is 11.3 Å². The van der Waals surface area contributed by atoms with Crippen molar-refractivity contribution in [2.45, 2.75) is 26.4 Å². The number of nitrogens with zero attached hydrogens (tertiary/aromatic N) is 3. The average Bonchev–Trinajstić information content (AvgIpc) is 3.41. The molecule has 0 saturated carbocycles. The lowest BCUT2D eigenvalue weighted by Gasteiger charge is -2.37. The van der Waals surface area contributed by atoms with Gasteiger partial charge in [0.15, 0.2) is 5.76 Å². The molecule has 0 bridgehead atoms. The third-order valence-electron chi connectivity index (χ3n) is 5.35. The predicted octanol–water partition coefficient (Wildman–Crippen LogP) is 2.99. The Morgan fingerprint density at radius 2 is 1.90 bits per heavy atom. The molecule has 1 aliphatic heterocycles. The molecule has 1 aliphatic rings. The molecular weight excluding hydrogens is 400 g/mol. The van der Waals surface area contributed by atoms with Gasteiger partial charge in [-0.15, -0.1) is 11.3 Å². The monoisotopic (exact) mass is 426 g/mol. The first kappa shape index (κ1) is 20.6. The van der Waals surface area contributed by atoms with Crippen molar-refractivity contribution in [3.8, 4) is 0 Å². The van der Waals surface area contributed by atoms with E-state index in [0.29, 0.717) is 13.1 Å². The molecule has 0 radical (unpaired) electrons. The Labute approximate surface area is 179 Å². The van der Waals surface area contributed by atoms with Crippen molar-refractivity contribution in [3.63, 3.8) is 0 Å². The Balaban J connectivity index is 1.33. The second kappa shape index (κ2) is 8.97. The minimum atomic E-state index is -0.571. The van der Waals surface area contributed by atoms with Gasteiger partial charge in [-0.05, 0) is 30.2 Å². The van der Waals surface area contributed by atoms with Crippen LogP contribution in [-0.4, -0.2) is 58.8 Å². The van der Waals surface area contributed by atoms with Crippen LogP contribution in [0.1, 0.15) is 29.4 Å². The maximum absolute atomic E-state index is 13.1. The van der Waals surface area contributed by atoms with Gasteiger partial charge < -0.3 is 14.6 Å². The molecule has 1 N–H and O–H groups in total. The first-order chi connectivity index (χ1) is 14.5. The number of para-hydroxylation sites is 1. The fraction of sp³-hybridized carbons (Fsp3) is 0.409. The number of nitrogens with one attached hydrogen (secondary N) is 1. The number of carbonyl (C=O) groups excluding carboxylic acids is 2. The van der Waals surface area contributed by atoms with Crippen molar-refractivity contribution in [3.05, 3.63) is 53.4 Å². The highest BCUT2D eigenvalue weighted by molar-refractivity contribution is 7.18. The number of thiazole rings is 1. The van der Waals surface area contributed by atoms with E-state index in [1.54, 1.807) is 23.5 Å². The number of hydrogen-bond acceptors (Lipinski definition) is 6. The molecule has 30 heavy (non-hydrogen) atoms. The van der Waals surface area contributed by atoms with Gasteiger partial charge in [-0.25, -0.2) is 4.98 Å². The SMILES string of the molecule is CC(C)C(NC(=O)c1ccco1)C(=O)N1CCN(Cc2nc3ccccc3s2)CC1. The molecule has 1 saturated heterocycles. The molecule has 158 valence electrons. The normalized spacial score (nSPS) is 16.2. The van der Waals surface area contributed by atoms with Gasteiger partial charge in [-0.3, -0.25) is 14.5 Å². The number of piperazine rings is 1. The predicted molar refractivity (Wildman–Crippen MR) is 116 cm³/mol. The largest absolute Gasteiger partial charge is 0.459 e. The molecule has 2 amide bonds. The summed E-state index contributed by atoms with van der Waals surface area (Å²) in [4.78, 5) is 34.3. The van der Waals surface area contributed by atoms with Gasteiger partial charge in [-0.1, -0.05) is 26.0 Å². The van der Waals surface area contributed by atoms with Crippen molar-refractivity contribution in [2.75, 3.05) is 26.2 Å². The Morgan fingerprint density at radius 3 is 2.57 bits per heavy atom. The molecule has 4 rings (SSSR count). The summed E-state index contributed by atoms with van der Waals surface area (Å²) in [6, 6.07) is 10.9. The summed E-state index contributed by atoms with van der Waals surface area (Å²) < 4.78 is 6.35. The number of fused-ring (bicyclic) bond motifs is 1. The lowest BCUT2D eigenvalue weighted by Crippen LogP contribution is -2.56. The molecule has 0 aliphatic carbocycles. The lowest BCUT2D eigenvalue weighted by molar-refractivity contribution is -0.136. The highest BCUT2D eigenvalue weighted by Gasteiger charge is 2.31. The number of furan rings is 1. The van der Waals surface area contributed by atoms with E-state index in [0.717, 1.165) is 30.2 Å². The van der Waals surface area contributed by atoms with E-state index < -0.39 is 6.04 Å². The van der Waals surface area contributed by atoms with E-state index in [-0.39, 0.29) is 23.5 Å². The Hall–Kier alpha value is -2.71. The van der Waals surface area contributed by atoms with Crippen molar-refractivity contribution in [2.24, 2.45) is 5.92 Å². The molecule has 0 spiro atoms. The van der Waals surface area contributed by atoms with E-state index in [1.165, 1.54) is 11.0 Å². The Kier molecular flexibility index (Phi) is 6.15. The zero-order chi connectivity index (χ0) is 21.1. The van der Waals surface area contributed by atoms with Gasteiger partial charge in [0, 0.05) is 26.2 Å². The van der Waals surface area contributed by atoms with Gasteiger partial charge in [0.05, 0.1) is 23.0 Å². The van der Waals surface area contributed by atoms with Crippen LogP contribution in [0.15, 0.2) is 47.1 Å². The number of benzene rings is 1. The number of rotatable bonds is 6. The van der Waals surface area contributed by atoms with Crippen LogP contribution in [0.25, 0.3) is 10.2 Å². The summed E-state index contributed by atoms with van der Waals surface area (Å²) >= 11 is 1.72. The topological polar surface area (TPSA) is 78.7 Å². The summed E-state index contributed by atoms with van der Waals surface area (Å²) in [5.41, 5.74) is 1.04. The molecule has 2 aromatic heterocycles. The molecule has 7 nitrogen and oxygen atoms in total. The number of aromatic nitrogens is 1. The van der Waals surface area contributed by atoms with Crippen LogP contribution in [0.4, 0.5) is 0 Å². The van der Waals surface area contributed by atoms with Crippen molar-refractivity contribution >= 4 is 33.4 Å². The van der Waals surface area contributed by atoms with Gasteiger partial charge in [-0.2, -0.15) is 0 Å². The minimum absolute atomic E-state index is 0.0165. The van der Waals surface area contributed by atoms with Crippen LogP contribution in [0, 0.1) is 5.92 Å². The Morgan fingerprint density at radius 1 is 1.13 bits per heavy atom. The van der Waals surface area contributed by atoms with Gasteiger partial charge in [0.25, 0.3) is 5.91 Å². The van der Waals surface area contributed by atoms with E-state index in [2.05, 4.69) is 16.3 Å². The second-order valence-electron chi connectivity index (χ2n) is 7.85. The fourth-order valence-electron chi connectivity index (χ4n) is 3.64. The van der Waals surface area contributed by atoms with Crippen molar-refractivity contribution in [1.82, 2.24) is 20.1 Å². The third-order valence-corrected chi connectivity index (χ3v) is 6.37. The standard InChI is InChI=1S/C22H26N4O3S/c1-15(2)20(24-21(27)17-7-5-13-29-17)22(28)26-11-9-25(10-12-26)14-19-23-16-6-3-4-8-18(16)30-19/h3-8,13,15,20H,9-12,14H2,1-2H3,(H,24,27). The molecule has 3 aromatic rings. The van der Waals surface area contributed by atoms with E-state index in [9.17, 15) is 9.59 Å². The maximum Gasteiger partial charge on any atom is 0.287 e. The van der Waals surface area contributed by atoms with Crippen LogP contribution >= 0.6 is 11.3 Å². The summed E-state index contributed by atoms with van der Waals surface area (Å²) in [5, 5.41) is 3.93. The first-order valence-corrected chi connectivity index (χ1v) is 11.0.